The van der Waals surface area contributed by atoms with Crippen LogP contribution in [0, 0.1) is 3.57 Å². The Balaban J connectivity index is 2.56. The van der Waals surface area contributed by atoms with Crippen molar-refractivity contribution in [2.45, 2.75) is 0 Å². The van der Waals surface area contributed by atoms with Crippen molar-refractivity contribution in [3.8, 4) is 5.75 Å². The maximum absolute atomic E-state index is 10.9. The first kappa shape index (κ1) is 11.0. The molecule has 0 fully saturated rings. The van der Waals surface area contributed by atoms with E-state index in [0.717, 1.165) is 3.57 Å². The number of hydrogen-bond acceptors (Lipinski definition) is 2. The number of rotatable bonds is 3. The van der Waals surface area contributed by atoms with Crippen LogP contribution in [0.25, 0.3) is 0 Å². The summed E-state index contributed by atoms with van der Waals surface area (Å²) in [6.45, 7) is 1.28. The van der Waals surface area contributed by atoms with Crippen LogP contribution in [0.2, 0.25) is 0 Å². The Morgan fingerprint density at radius 2 is 2.00 bits per heavy atom. The fourth-order valence-electron chi connectivity index (χ4n) is 0.725. The second-order valence-electron chi connectivity index (χ2n) is 2.78. The molecule has 0 aromatic heterocycles. The molecule has 0 bridgehead atoms. The molecule has 0 saturated heterocycles. The van der Waals surface area contributed by atoms with E-state index in [9.17, 15) is 4.57 Å². The lowest BCUT2D eigenvalue weighted by atomic mass is 10.3. The van der Waals surface area contributed by atoms with Gasteiger partial charge in [-0.3, -0.25) is 4.57 Å². The minimum Gasteiger partial charge on any atom is -0.484 e. The highest BCUT2D eigenvalue weighted by molar-refractivity contribution is 14.1. The minimum absolute atomic E-state index is 0.131. The fraction of sp³-hybridized carbons (Fsp3) is 0.250. The lowest BCUT2D eigenvalue weighted by Crippen LogP contribution is -1.97. The van der Waals surface area contributed by atoms with Gasteiger partial charge in [-0.15, -0.1) is 0 Å². The zero-order valence-electron chi connectivity index (χ0n) is 7.11. The van der Waals surface area contributed by atoms with E-state index in [1.807, 2.05) is 12.1 Å². The van der Waals surface area contributed by atoms with E-state index in [1.165, 1.54) is 6.66 Å². The van der Waals surface area contributed by atoms with Crippen LogP contribution in [0.15, 0.2) is 24.3 Å². The van der Waals surface area contributed by atoms with Gasteiger partial charge in [0.2, 0.25) is 7.37 Å². The number of ether oxygens (including phenoxy) is 1. The summed E-state index contributed by atoms with van der Waals surface area (Å²) < 4.78 is 17.1. The van der Waals surface area contributed by atoms with Crippen LogP contribution in [0.3, 0.4) is 0 Å². The van der Waals surface area contributed by atoms with Crippen molar-refractivity contribution in [1.82, 2.24) is 0 Å². The molecule has 0 spiro atoms. The Kier molecular flexibility index (Phi) is 3.76. The van der Waals surface area contributed by atoms with Crippen molar-refractivity contribution in [2.24, 2.45) is 0 Å². The van der Waals surface area contributed by atoms with Crippen molar-refractivity contribution in [1.29, 1.82) is 0 Å². The highest BCUT2D eigenvalue weighted by Crippen LogP contribution is 2.35. The molecule has 13 heavy (non-hydrogen) atoms. The second-order valence-corrected chi connectivity index (χ2v) is 6.38. The molecule has 0 amide bonds. The van der Waals surface area contributed by atoms with Gasteiger partial charge in [-0.1, -0.05) is 0 Å². The summed E-state index contributed by atoms with van der Waals surface area (Å²) in [4.78, 5) is 8.96. The molecular weight excluding hydrogens is 302 g/mol. The molecule has 0 heterocycles. The molecule has 1 rings (SSSR count). The smallest absolute Gasteiger partial charge is 0.233 e. The third kappa shape index (κ3) is 4.64. The SMILES string of the molecule is CP(=O)(O)COc1ccc(I)cc1. The molecule has 0 radical (unpaired) electrons. The van der Waals surface area contributed by atoms with Gasteiger partial charge in [0.25, 0.3) is 0 Å². The first-order chi connectivity index (χ1) is 5.97. The summed E-state index contributed by atoms with van der Waals surface area (Å²) in [5.74, 6) is 0.622. The van der Waals surface area contributed by atoms with E-state index < -0.39 is 7.37 Å². The summed E-state index contributed by atoms with van der Waals surface area (Å²) in [7, 11) is -3.07. The van der Waals surface area contributed by atoms with Gasteiger partial charge in [0.05, 0.1) is 0 Å². The molecule has 1 aromatic rings. The van der Waals surface area contributed by atoms with E-state index in [1.54, 1.807) is 12.1 Å². The third-order valence-electron chi connectivity index (χ3n) is 1.28. The third-order valence-corrected chi connectivity index (χ3v) is 2.61. The van der Waals surface area contributed by atoms with E-state index in [0.29, 0.717) is 5.75 Å². The van der Waals surface area contributed by atoms with Crippen molar-refractivity contribution in [3.05, 3.63) is 27.8 Å². The quantitative estimate of drug-likeness (QED) is 0.689. The maximum atomic E-state index is 10.9. The largest absolute Gasteiger partial charge is 0.484 e. The normalized spacial score (nSPS) is 15.0. The van der Waals surface area contributed by atoms with Gasteiger partial charge in [-0.05, 0) is 46.9 Å². The molecule has 1 N–H and O–H groups in total. The summed E-state index contributed by atoms with van der Waals surface area (Å²) in [6, 6.07) is 7.32. The zero-order valence-corrected chi connectivity index (χ0v) is 10.2. The molecular formula is C8H10IO3P. The van der Waals surface area contributed by atoms with Gasteiger partial charge in [0, 0.05) is 10.2 Å². The average molecular weight is 312 g/mol. The Morgan fingerprint density at radius 3 is 2.46 bits per heavy atom. The van der Waals surface area contributed by atoms with Gasteiger partial charge in [0.15, 0.2) is 6.35 Å². The van der Waals surface area contributed by atoms with Crippen LogP contribution in [0.1, 0.15) is 0 Å². The number of hydrogen-bond donors (Lipinski definition) is 1. The summed E-state index contributed by atoms with van der Waals surface area (Å²) >= 11 is 2.18. The molecule has 1 aromatic carbocycles. The highest BCUT2D eigenvalue weighted by atomic mass is 127. The molecule has 0 saturated carbocycles. The van der Waals surface area contributed by atoms with E-state index in [4.69, 9.17) is 9.63 Å². The van der Waals surface area contributed by atoms with Crippen molar-refractivity contribution < 1.29 is 14.2 Å². The number of halogens is 1. The first-order valence-corrected chi connectivity index (χ1v) is 7.02. The van der Waals surface area contributed by atoms with Crippen molar-refractivity contribution >= 4 is 30.0 Å². The Bertz CT molecular complexity index is 317. The zero-order chi connectivity index (χ0) is 9.90. The average Bonchev–Trinajstić information content (AvgIpc) is 2.02. The van der Waals surface area contributed by atoms with Crippen LogP contribution in [-0.4, -0.2) is 17.9 Å². The predicted molar refractivity (Wildman–Crippen MR) is 60.4 cm³/mol. The molecule has 1 unspecified atom stereocenters. The van der Waals surface area contributed by atoms with Crippen molar-refractivity contribution in [3.63, 3.8) is 0 Å². The van der Waals surface area contributed by atoms with Gasteiger partial charge < -0.3 is 9.63 Å². The lowest BCUT2D eigenvalue weighted by Gasteiger charge is -2.07. The Labute approximate surface area is 90.7 Å². The maximum Gasteiger partial charge on any atom is 0.233 e. The van der Waals surface area contributed by atoms with Gasteiger partial charge in [-0.25, -0.2) is 0 Å². The van der Waals surface area contributed by atoms with E-state index in [-0.39, 0.29) is 6.35 Å². The van der Waals surface area contributed by atoms with Crippen molar-refractivity contribution in [2.75, 3.05) is 13.0 Å². The predicted octanol–water partition coefficient (Wildman–Crippen LogP) is 2.53. The standard InChI is InChI=1S/C8H10IO3P/c1-13(10,11)6-12-8-4-2-7(9)3-5-8/h2-5H,6H2,1H3,(H,10,11). The van der Waals surface area contributed by atoms with Crippen LogP contribution >= 0.6 is 30.0 Å². The molecule has 3 nitrogen and oxygen atoms in total. The van der Waals surface area contributed by atoms with Gasteiger partial charge in [-0.2, -0.15) is 0 Å². The van der Waals surface area contributed by atoms with Crippen LogP contribution < -0.4 is 4.74 Å². The van der Waals surface area contributed by atoms with Crippen LogP contribution in [-0.2, 0) is 4.57 Å². The molecule has 72 valence electrons. The highest BCUT2D eigenvalue weighted by Gasteiger charge is 2.09. The van der Waals surface area contributed by atoms with Gasteiger partial charge >= 0.3 is 0 Å². The second kappa shape index (κ2) is 4.44. The fourth-order valence-corrected chi connectivity index (χ4v) is 1.47. The monoisotopic (exact) mass is 312 g/mol. The van der Waals surface area contributed by atoms with Crippen LogP contribution in [0.4, 0.5) is 0 Å². The Hall–Kier alpha value is -0.0600. The summed E-state index contributed by atoms with van der Waals surface area (Å²) in [6.07, 6.45) is -0.131. The number of benzene rings is 1. The summed E-state index contributed by atoms with van der Waals surface area (Å²) in [5.41, 5.74) is 0. The summed E-state index contributed by atoms with van der Waals surface area (Å²) in [5, 5.41) is 0. The first-order valence-electron chi connectivity index (χ1n) is 3.65. The van der Waals surface area contributed by atoms with Gasteiger partial charge in [0.1, 0.15) is 5.75 Å². The van der Waals surface area contributed by atoms with E-state index in [2.05, 4.69) is 22.6 Å². The van der Waals surface area contributed by atoms with Crippen LogP contribution in [0.5, 0.6) is 5.75 Å². The molecule has 5 heteroatoms. The molecule has 0 aliphatic heterocycles. The Morgan fingerprint density at radius 1 is 1.46 bits per heavy atom. The molecule has 0 aliphatic carbocycles. The minimum atomic E-state index is -3.07. The topological polar surface area (TPSA) is 46.5 Å². The van der Waals surface area contributed by atoms with E-state index >= 15 is 0 Å². The molecule has 0 aliphatic rings. The molecule has 1 atom stereocenters. The lowest BCUT2D eigenvalue weighted by molar-refractivity contribution is 0.352.